The SMILES string of the molecule is COc1ccc(C2/C(=C(/O)c3ccc(OC(C)C)c(C)c3)C(=O)C(=O)N2Cc2cccnc2)cc1. The van der Waals surface area contributed by atoms with Gasteiger partial charge in [0.25, 0.3) is 11.7 Å². The van der Waals surface area contributed by atoms with E-state index in [2.05, 4.69) is 4.98 Å². The number of amides is 1. The summed E-state index contributed by atoms with van der Waals surface area (Å²) in [4.78, 5) is 32.0. The second-order valence-corrected chi connectivity index (χ2v) is 8.71. The first-order chi connectivity index (χ1) is 16.8. The van der Waals surface area contributed by atoms with E-state index in [9.17, 15) is 14.7 Å². The fourth-order valence-corrected chi connectivity index (χ4v) is 4.20. The molecule has 1 unspecified atom stereocenters. The lowest BCUT2D eigenvalue weighted by atomic mass is 9.94. The zero-order chi connectivity index (χ0) is 25.1. The molecule has 7 nitrogen and oxygen atoms in total. The normalized spacial score (nSPS) is 17.2. The second-order valence-electron chi connectivity index (χ2n) is 8.71. The number of nitrogens with zero attached hydrogens (tertiary/aromatic N) is 2. The Kier molecular flexibility index (Phi) is 6.87. The van der Waals surface area contributed by atoms with Gasteiger partial charge in [-0.05, 0) is 73.9 Å². The Morgan fingerprint density at radius 2 is 1.86 bits per heavy atom. The lowest BCUT2D eigenvalue weighted by Gasteiger charge is -2.25. The Morgan fingerprint density at radius 3 is 2.46 bits per heavy atom. The Hall–Kier alpha value is -4.13. The van der Waals surface area contributed by atoms with Gasteiger partial charge >= 0.3 is 0 Å². The number of benzene rings is 2. The number of ether oxygens (including phenoxy) is 2. The van der Waals surface area contributed by atoms with Crippen molar-refractivity contribution in [1.82, 2.24) is 9.88 Å². The number of hydrogen-bond acceptors (Lipinski definition) is 6. The maximum atomic E-state index is 13.3. The Morgan fingerprint density at radius 1 is 1.11 bits per heavy atom. The first-order valence-electron chi connectivity index (χ1n) is 11.4. The van der Waals surface area contributed by atoms with Crippen LogP contribution >= 0.6 is 0 Å². The maximum absolute atomic E-state index is 13.3. The molecular formula is C28H28N2O5. The van der Waals surface area contributed by atoms with Gasteiger partial charge < -0.3 is 19.5 Å². The average Bonchev–Trinajstić information content (AvgIpc) is 3.10. The molecule has 1 aromatic heterocycles. The van der Waals surface area contributed by atoms with E-state index in [4.69, 9.17) is 9.47 Å². The third-order valence-corrected chi connectivity index (χ3v) is 5.86. The van der Waals surface area contributed by atoms with E-state index in [1.165, 1.54) is 4.90 Å². The molecular weight excluding hydrogens is 444 g/mol. The number of aryl methyl sites for hydroxylation is 1. The minimum Gasteiger partial charge on any atom is -0.507 e. The third-order valence-electron chi connectivity index (χ3n) is 5.86. The van der Waals surface area contributed by atoms with Crippen molar-refractivity contribution in [1.29, 1.82) is 0 Å². The summed E-state index contributed by atoms with van der Waals surface area (Å²) in [6.45, 7) is 5.92. The molecule has 2 aromatic carbocycles. The molecule has 4 rings (SSSR count). The van der Waals surface area contributed by atoms with Gasteiger partial charge in [0.05, 0.1) is 24.8 Å². The maximum Gasteiger partial charge on any atom is 0.295 e. The number of Topliss-reactive ketones (excluding diaryl/α,β-unsaturated/α-hetero) is 1. The van der Waals surface area contributed by atoms with Crippen LogP contribution in [-0.2, 0) is 16.1 Å². The lowest BCUT2D eigenvalue weighted by molar-refractivity contribution is -0.140. The lowest BCUT2D eigenvalue weighted by Crippen LogP contribution is -2.29. The zero-order valence-corrected chi connectivity index (χ0v) is 20.2. The number of carbonyl (C=O) groups excluding carboxylic acids is 2. The Balaban J connectivity index is 1.82. The highest BCUT2D eigenvalue weighted by Crippen LogP contribution is 2.41. The van der Waals surface area contributed by atoms with Gasteiger partial charge in [0.1, 0.15) is 17.3 Å². The van der Waals surface area contributed by atoms with Crippen LogP contribution in [0.15, 0.2) is 72.6 Å². The van der Waals surface area contributed by atoms with E-state index < -0.39 is 17.7 Å². The van der Waals surface area contributed by atoms with E-state index in [0.29, 0.717) is 22.6 Å². The largest absolute Gasteiger partial charge is 0.507 e. The minimum absolute atomic E-state index is 0.000944. The molecule has 0 radical (unpaired) electrons. The van der Waals surface area contributed by atoms with Crippen LogP contribution in [0, 0.1) is 6.92 Å². The average molecular weight is 473 g/mol. The van der Waals surface area contributed by atoms with Crippen molar-refractivity contribution < 1.29 is 24.2 Å². The van der Waals surface area contributed by atoms with Gasteiger partial charge in [-0.2, -0.15) is 0 Å². The Labute approximate surface area is 204 Å². The molecule has 1 fully saturated rings. The molecule has 0 aliphatic carbocycles. The van der Waals surface area contributed by atoms with E-state index in [0.717, 1.165) is 11.1 Å². The molecule has 1 atom stereocenters. The molecule has 180 valence electrons. The van der Waals surface area contributed by atoms with Crippen LogP contribution in [0.25, 0.3) is 5.76 Å². The van der Waals surface area contributed by atoms with Crippen LogP contribution in [0.2, 0.25) is 0 Å². The smallest absolute Gasteiger partial charge is 0.295 e. The van der Waals surface area contributed by atoms with E-state index in [-0.39, 0.29) is 24.0 Å². The first-order valence-corrected chi connectivity index (χ1v) is 11.4. The monoisotopic (exact) mass is 472 g/mol. The predicted octanol–water partition coefficient (Wildman–Crippen LogP) is 4.81. The van der Waals surface area contributed by atoms with Crippen LogP contribution < -0.4 is 9.47 Å². The van der Waals surface area contributed by atoms with E-state index in [1.807, 2.05) is 26.8 Å². The van der Waals surface area contributed by atoms with E-state index in [1.54, 1.807) is 68.0 Å². The summed E-state index contributed by atoms with van der Waals surface area (Å²) < 4.78 is 11.1. The van der Waals surface area contributed by atoms with Crippen molar-refractivity contribution in [2.75, 3.05) is 7.11 Å². The molecule has 0 spiro atoms. The molecule has 1 N–H and O–H groups in total. The molecule has 1 saturated heterocycles. The van der Waals surface area contributed by atoms with Crippen molar-refractivity contribution >= 4 is 17.4 Å². The van der Waals surface area contributed by atoms with Crippen molar-refractivity contribution in [2.45, 2.75) is 39.5 Å². The van der Waals surface area contributed by atoms with Gasteiger partial charge in [-0.25, -0.2) is 0 Å². The number of likely N-dealkylation sites (tertiary alicyclic amines) is 1. The summed E-state index contributed by atoms with van der Waals surface area (Å²) >= 11 is 0. The number of hydrogen-bond donors (Lipinski definition) is 1. The highest BCUT2D eigenvalue weighted by atomic mass is 16.5. The van der Waals surface area contributed by atoms with Gasteiger partial charge in [0.15, 0.2) is 0 Å². The third kappa shape index (κ3) is 4.89. The van der Waals surface area contributed by atoms with Gasteiger partial charge in [-0.15, -0.1) is 0 Å². The van der Waals surface area contributed by atoms with Crippen molar-refractivity contribution in [3.05, 3.63) is 94.8 Å². The van der Waals surface area contributed by atoms with Crippen LogP contribution in [0.3, 0.4) is 0 Å². The molecule has 1 aliphatic heterocycles. The fourth-order valence-electron chi connectivity index (χ4n) is 4.20. The molecule has 1 amide bonds. The van der Waals surface area contributed by atoms with Crippen molar-refractivity contribution in [3.8, 4) is 11.5 Å². The standard InChI is InChI=1S/C28H28N2O5/c1-17(2)35-23-12-9-21(14-18(23)3)26(31)24-25(20-7-10-22(34-4)11-8-20)30(28(33)27(24)32)16-19-6-5-13-29-15-19/h5-15,17,25,31H,16H2,1-4H3/b26-24-. The number of aliphatic hydroxyl groups is 1. The van der Waals surface area contributed by atoms with Gasteiger partial charge in [0.2, 0.25) is 0 Å². The molecule has 0 saturated carbocycles. The number of rotatable bonds is 7. The summed E-state index contributed by atoms with van der Waals surface area (Å²) in [6, 6.07) is 15.2. The second kappa shape index (κ2) is 10.0. The number of aliphatic hydroxyl groups excluding tert-OH is 1. The van der Waals surface area contributed by atoms with E-state index >= 15 is 0 Å². The highest BCUT2D eigenvalue weighted by molar-refractivity contribution is 6.46. The number of ketones is 1. The number of pyridine rings is 1. The predicted molar refractivity (Wildman–Crippen MR) is 132 cm³/mol. The molecule has 0 bridgehead atoms. The summed E-state index contributed by atoms with van der Waals surface area (Å²) in [7, 11) is 1.57. The summed E-state index contributed by atoms with van der Waals surface area (Å²) in [6.07, 6.45) is 3.30. The topological polar surface area (TPSA) is 89.0 Å². The molecule has 2 heterocycles. The minimum atomic E-state index is -0.770. The number of carbonyl (C=O) groups is 2. The fraction of sp³-hybridized carbons (Fsp3) is 0.250. The molecule has 7 heteroatoms. The quantitative estimate of drug-likeness (QED) is 0.302. The van der Waals surface area contributed by atoms with Gasteiger partial charge in [-0.1, -0.05) is 18.2 Å². The summed E-state index contributed by atoms with van der Waals surface area (Å²) in [5.74, 6) is -0.285. The highest BCUT2D eigenvalue weighted by Gasteiger charge is 2.46. The van der Waals surface area contributed by atoms with Gasteiger partial charge in [-0.3, -0.25) is 14.6 Å². The van der Waals surface area contributed by atoms with Crippen molar-refractivity contribution in [2.24, 2.45) is 0 Å². The Bertz CT molecular complexity index is 1270. The number of aromatic nitrogens is 1. The van der Waals surface area contributed by atoms with Gasteiger partial charge in [0, 0.05) is 24.5 Å². The van der Waals surface area contributed by atoms with Crippen molar-refractivity contribution in [3.63, 3.8) is 0 Å². The number of methoxy groups -OCH3 is 1. The van der Waals surface area contributed by atoms with Crippen LogP contribution in [-0.4, -0.2) is 39.9 Å². The van der Waals surface area contributed by atoms with Crippen LogP contribution in [0.4, 0.5) is 0 Å². The summed E-state index contributed by atoms with van der Waals surface area (Å²) in [5, 5.41) is 11.3. The summed E-state index contributed by atoms with van der Waals surface area (Å²) in [5.41, 5.74) is 2.76. The van der Waals surface area contributed by atoms with Crippen LogP contribution in [0.1, 0.15) is 42.1 Å². The molecule has 35 heavy (non-hydrogen) atoms. The molecule has 3 aromatic rings. The molecule has 1 aliphatic rings. The first kappa shape index (κ1) is 24.0. The van der Waals surface area contributed by atoms with Crippen LogP contribution in [0.5, 0.6) is 11.5 Å². The zero-order valence-electron chi connectivity index (χ0n) is 20.2.